The number of sulfonamides is 1. The van der Waals surface area contributed by atoms with Gasteiger partial charge in [0.1, 0.15) is 12.2 Å². The summed E-state index contributed by atoms with van der Waals surface area (Å²) in [6.07, 6.45) is -0.437. The van der Waals surface area contributed by atoms with E-state index in [4.69, 9.17) is 27.9 Å². The summed E-state index contributed by atoms with van der Waals surface area (Å²) in [4.78, 5) is 31.5. The topological polar surface area (TPSA) is 117 Å². The molecular weight excluding hydrogens is 620 g/mol. The van der Waals surface area contributed by atoms with Gasteiger partial charge in [-0.1, -0.05) is 54.4 Å². The second-order valence-corrected chi connectivity index (χ2v) is 13.6. The van der Waals surface area contributed by atoms with Crippen LogP contribution in [-0.4, -0.2) is 59.2 Å². The highest BCUT2D eigenvalue weighted by atomic mass is 35.5. The molecule has 0 radical (unpaired) electrons. The molecule has 4 atom stereocenters. The number of morpholine rings is 1. The third-order valence-electron chi connectivity index (χ3n) is 7.65. The SMILES string of the molecule is CC[C@H](CN(c1ncccc1F)S(=O)(=O)C1CC1)N1C(=O)[C@H](CC(=O)O)O[C@H](c2cccc(Cl)c2)[C@H]1c1ccc(Cl)cc1. The van der Waals surface area contributed by atoms with Crippen molar-refractivity contribution in [2.45, 2.75) is 62.1 Å². The van der Waals surface area contributed by atoms with Crippen LogP contribution < -0.4 is 4.31 Å². The van der Waals surface area contributed by atoms with Crippen molar-refractivity contribution in [2.24, 2.45) is 0 Å². The average molecular weight is 651 g/mol. The molecule has 0 unspecified atom stereocenters. The molecule has 2 aromatic carbocycles. The molecule has 2 fully saturated rings. The Morgan fingerprint density at radius 3 is 2.44 bits per heavy atom. The number of carboxylic acids is 1. The number of ether oxygens (including phenoxy) is 1. The number of amides is 1. The molecule has 2 heterocycles. The number of halogens is 3. The number of anilines is 1. The van der Waals surface area contributed by atoms with Gasteiger partial charge in [-0.3, -0.25) is 9.59 Å². The highest BCUT2D eigenvalue weighted by Gasteiger charge is 2.49. The molecule has 13 heteroatoms. The molecule has 5 rings (SSSR count). The van der Waals surface area contributed by atoms with Gasteiger partial charge < -0.3 is 14.7 Å². The first-order chi connectivity index (χ1) is 20.5. The molecule has 1 saturated carbocycles. The summed E-state index contributed by atoms with van der Waals surface area (Å²) in [5.41, 5.74) is 1.21. The van der Waals surface area contributed by atoms with Crippen molar-refractivity contribution >= 4 is 50.9 Å². The van der Waals surface area contributed by atoms with E-state index in [9.17, 15) is 23.1 Å². The third-order valence-corrected chi connectivity index (χ3v) is 10.4. The molecule has 43 heavy (non-hydrogen) atoms. The Hall–Kier alpha value is -3.25. The molecule has 3 aromatic rings. The molecule has 1 aliphatic carbocycles. The Bertz CT molecular complexity index is 1610. The minimum absolute atomic E-state index is 0.253. The van der Waals surface area contributed by atoms with Crippen molar-refractivity contribution in [1.29, 1.82) is 0 Å². The van der Waals surface area contributed by atoms with Crippen molar-refractivity contribution < 1.29 is 32.2 Å². The zero-order valence-electron chi connectivity index (χ0n) is 23.1. The van der Waals surface area contributed by atoms with E-state index >= 15 is 4.39 Å². The zero-order valence-corrected chi connectivity index (χ0v) is 25.5. The molecule has 228 valence electrons. The van der Waals surface area contributed by atoms with E-state index in [-0.39, 0.29) is 18.8 Å². The third kappa shape index (κ3) is 6.64. The Balaban J connectivity index is 1.66. The van der Waals surface area contributed by atoms with Gasteiger partial charge >= 0.3 is 5.97 Å². The van der Waals surface area contributed by atoms with Crippen molar-refractivity contribution in [1.82, 2.24) is 9.88 Å². The second kappa shape index (κ2) is 12.8. The molecule has 1 amide bonds. The average Bonchev–Trinajstić information content (AvgIpc) is 3.82. The molecule has 1 N–H and O–H groups in total. The van der Waals surface area contributed by atoms with Gasteiger partial charge in [0.2, 0.25) is 10.0 Å². The smallest absolute Gasteiger partial charge is 0.306 e. The maximum atomic E-state index is 15.1. The Morgan fingerprint density at radius 1 is 1.12 bits per heavy atom. The number of hydrogen-bond donors (Lipinski definition) is 1. The van der Waals surface area contributed by atoms with Crippen LogP contribution in [0.2, 0.25) is 10.0 Å². The monoisotopic (exact) mass is 649 g/mol. The van der Waals surface area contributed by atoms with E-state index in [2.05, 4.69) is 4.98 Å². The van der Waals surface area contributed by atoms with Gasteiger partial charge in [-0.25, -0.2) is 22.1 Å². The fraction of sp³-hybridized carbons (Fsp3) is 0.367. The number of rotatable bonds is 11. The quantitative estimate of drug-likeness (QED) is 0.279. The molecule has 1 aromatic heterocycles. The number of aliphatic carboxylic acids is 1. The standard InChI is InChI=1S/C30H30Cl2FN3O6S/c1-2-22(17-35(43(40,41)23-12-13-23)29-24(33)7-4-14-34-29)36-27(18-8-10-20(31)11-9-18)28(19-5-3-6-21(32)15-19)42-25(30(36)39)16-26(37)38/h3-11,14-15,22-23,25,27-28H,2,12-13,16-17H2,1H3,(H,37,38)/t22-,25+,27-,28-/m1/s1. The first kappa shape index (κ1) is 31.2. The zero-order chi connectivity index (χ0) is 30.9. The Labute approximate surface area is 259 Å². The lowest BCUT2D eigenvalue weighted by atomic mass is 9.89. The number of carboxylic acid groups (broad SMARTS) is 1. The second-order valence-electron chi connectivity index (χ2n) is 10.6. The van der Waals surface area contributed by atoms with Crippen LogP contribution in [0, 0.1) is 5.82 Å². The van der Waals surface area contributed by atoms with Crippen molar-refractivity contribution in [3.8, 4) is 0 Å². The predicted molar refractivity (Wildman–Crippen MR) is 160 cm³/mol. The first-order valence-corrected chi connectivity index (χ1v) is 16.1. The summed E-state index contributed by atoms with van der Waals surface area (Å²) >= 11 is 12.5. The molecular formula is C30H30Cl2FN3O6S. The van der Waals surface area contributed by atoms with Crippen LogP contribution in [0.25, 0.3) is 0 Å². The number of hydrogen-bond acceptors (Lipinski definition) is 6. The summed E-state index contributed by atoms with van der Waals surface area (Å²) in [6, 6.07) is 14.5. The molecule has 1 aliphatic heterocycles. The van der Waals surface area contributed by atoms with Crippen LogP contribution in [0.15, 0.2) is 66.9 Å². The Kier molecular flexibility index (Phi) is 9.26. The van der Waals surface area contributed by atoms with Gasteiger partial charge in [0.15, 0.2) is 11.6 Å². The number of aromatic nitrogens is 1. The Morgan fingerprint density at radius 2 is 1.84 bits per heavy atom. The molecule has 9 nitrogen and oxygen atoms in total. The number of carbonyl (C=O) groups excluding carboxylic acids is 1. The number of nitrogens with zero attached hydrogens (tertiary/aromatic N) is 3. The minimum Gasteiger partial charge on any atom is -0.481 e. The maximum absolute atomic E-state index is 15.1. The number of benzene rings is 2. The van der Waals surface area contributed by atoms with E-state index in [1.54, 1.807) is 55.5 Å². The summed E-state index contributed by atoms with van der Waals surface area (Å²) < 4.78 is 49.6. The van der Waals surface area contributed by atoms with Gasteiger partial charge in [-0.05, 0) is 66.8 Å². The van der Waals surface area contributed by atoms with E-state index in [0.29, 0.717) is 34.0 Å². The summed E-state index contributed by atoms with van der Waals surface area (Å²) in [5.74, 6) is -3.04. The normalized spacial score (nSPS) is 21.4. The van der Waals surface area contributed by atoms with E-state index in [0.717, 1.165) is 10.4 Å². The fourth-order valence-corrected chi connectivity index (χ4v) is 7.59. The minimum atomic E-state index is -4.02. The van der Waals surface area contributed by atoms with E-state index in [1.165, 1.54) is 17.2 Å². The summed E-state index contributed by atoms with van der Waals surface area (Å²) in [6.45, 7) is 1.48. The van der Waals surface area contributed by atoms with E-state index < -0.39 is 63.7 Å². The van der Waals surface area contributed by atoms with Crippen molar-refractivity contribution in [3.05, 3.63) is 93.8 Å². The van der Waals surface area contributed by atoms with Crippen molar-refractivity contribution in [2.75, 3.05) is 10.8 Å². The van der Waals surface area contributed by atoms with Crippen molar-refractivity contribution in [3.63, 3.8) is 0 Å². The predicted octanol–water partition coefficient (Wildman–Crippen LogP) is 5.79. The highest BCUT2D eigenvalue weighted by molar-refractivity contribution is 7.93. The van der Waals surface area contributed by atoms with Gasteiger partial charge in [0, 0.05) is 16.2 Å². The van der Waals surface area contributed by atoms with Crippen LogP contribution in [-0.2, 0) is 24.3 Å². The van der Waals surface area contributed by atoms with Crippen LogP contribution in [0.1, 0.15) is 55.9 Å². The molecule has 1 saturated heterocycles. The molecule has 2 aliphatic rings. The molecule has 0 bridgehead atoms. The van der Waals surface area contributed by atoms with Gasteiger partial charge in [-0.2, -0.15) is 0 Å². The maximum Gasteiger partial charge on any atom is 0.306 e. The fourth-order valence-electron chi connectivity index (χ4n) is 5.42. The number of carbonyl (C=O) groups is 2. The van der Waals surface area contributed by atoms with Crippen LogP contribution >= 0.6 is 23.2 Å². The van der Waals surface area contributed by atoms with E-state index in [1.807, 2.05) is 0 Å². The van der Waals surface area contributed by atoms with Crippen LogP contribution in [0.3, 0.4) is 0 Å². The number of pyridine rings is 1. The summed E-state index contributed by atoms with van der Waals surface area (Å²) in [5, 5.41) is 9.84. The lowest BCUT2D eigenvalue weighted by Crippen LogP contribution is -2.58. The van der Waals surface area contributed by atoms with Gasteiger partial charge in [0.05, 0.1) is 30.3 Å². The highest BCUT2D eigenvalue weighted by Crippen LogP contribution is 2.45. The van der Waals surface area contributed by atoms with Gasteiger partial charge in [0.25, 0.3) is 5.91 Å². The largest absolute Gasteiger partial charge is 0.481 e. The van der Waals surface area contributed by atoms with Gasteiger partial charge in [-0.15, -0.1) is 0 Å². The lowest BCUT2D eigenvalue weighted by Gasteiger charge is -2.48. The van der Waals surface area contributed by atoms with Crippen LogP contribution in [0.4, 0.5) is 10.2 Å². The lowest BCUT2D eigenvalue weighted by molar-refractivity contribution is -0.183. The molecule has 0 spiro atoms. The van der Waals surface area contributed by atoms with Crippen LogP contribution in [0.5, 0.6) is 0 Å². The first-order valence-electron chi connectivity index (χ1n) is 13.8. The summed E-state index contributed by atoms with van der Waals surface area (Å²) in [7, 11) is -4.02.